The van der Waals surface area contributed by atoms with Gasteiger partial charge in [-0.05, 0) is 49.5 Å². The van der Waals surface area contributed by atoms with Gasteiger partial charge in [0.25, 0.3) is 0 Å². The number of halogens is 2. The molecule has 2 aromatic rings. The Morgan fingerprint density at radius 3 is 2.48 bits per heavy atom. The van der Waals surface area contributed by atoms with E-state index in [1.807, 2.05) is 24.3 Å². The van der Waals surface area contributed by atoms with E-state index in [1.54, 1.807) is 11.9 Å². The van der Waals surface area contributed by atoms with Gasteiger partial charge in [0, 0.05) is 36.0 Å². The summed E-state index contributed by atoms with van der Waals surface area (Å²) in [7, 11) is -1.93. The Balaban J connectivity index is 1.49. The van der Waals surface area contributed by atoms with Gasteiger partial charge in [0.15, 0.2) is 9.84 Å². The summed E-state index contributed by atoms with van der Waals surface area (Å²) in [6, 6.07) is 12.0. The highest BCUT2D eigenvalue weighted by molar-refractivity contribution is 7.91. The van der Waals surface area contributed by atoms with Crippen molar-refractivity contribution in [2.24, 2.45) is 0 Å². The van der Waals surface area contributed by atoms with Gasteiger partial charge in [0.05, 0.1) is 35.4 Å². The molecule has 0 bridgehead atoms. The van der Waals surface area contributed by atoms with Crippen LogP contribution >= 0.6 is 23.2 Å². The molecule has 0 unspecified atom stereocenters. The maximum atomic E-state index is 12.6. The minimum atomic E-state index is -3.62. The van der Waals surface area contributed by atoms with E-state index in [1.165, 1.54) is 18.2 Å². The van der Waals surface area contributed by atoms with Crippen LogP contribution in [0.25, 0.3) is 0 Å². The molecule has 1 fully saturated rings. The first-order valence-corrected chi connectivity index (χ1v) is 12.2. The van der Waals surface area contributed by atoms with Crippen LogP contribution in [-0.2, 0) is 19.4 Å². The van der Waals surface area contributed by atoms with Crippen LogP contribution < -0.4 is 10.2 Å². The molecule has 10 heteroatoms. The molecule has 2 aromatic carbocycles. The summed E-state index contributed by atoms with van der Waals surface area (Å²) >= 11 is 11.9. The van der Waals surface area contributed by atoms with Gasteiger partial charge < -0.3 is 15.0 Å². The zero-order valence-electron chi connectivity index (χ0n) is 17.2. The number of carbonyl (C=O) groups is 1. The van der Waals surface area contributed by atoms with Crippen molar-refractivity contribution in [2.45, 2.75) is 4.90 Å². The summed E-state index contributed by atoms with van der Waals surface area (Å²) in [5, 5.41) is 3.27. The summed E-state index contributed by atoms with van der Waals surface area (Å²) in [6.45, 7) is 3.35. The second kappa shape index (κ2) is 10.7. The van der Waals surface area contributed by atoms with Gasteiger partial charge >= 0.3 is 0 Å². The topological polar surface area (TPSA) is 79.0 Å². The lowest BCUT2D eigenvalue weighted by molar-refractivity contribution is -0.117. The smallest absolute Gasteiger partial charge is 0.238 e. The van der Waals surface area contributed by atoms with Crippen LogP contribution in [0.1, 0.15) is 0 Å². The molecule has 3 rings (SSSR count). The van der Waals surface area contributed by atoms with E-state index in [0.717, 1.165) is 18.8 Å². The monoisotopic (exact) mass is 485 g/mol. The van der Waals surface area contributed by atoms with Crippen molar-refractivity contribution in [1.29, 1.82) is 0 Å². The fourth-order valence-corrected chi connectivity index (χ4v) is 5.35. The normalized spacial score (nSPS) is 14.6. The molecular formula is C21H25Cl2N3O4S. The number of sulfone groups is 1. The molecule has 1 saturated heterocycles. The Labute approximate surface area is 192 Å². The summed E-state index contributed by atoms with van der Waals surface area (Å²) in [5.74, 6) is -0.398. The lowest BCUT2D eigenvalue weighted by Gasteiger charge is -2.28. The number of hydrogen-bond acceptors (Lipinski definition) is 6. The lowest BCUT2D eigenvalue weighted by Crippen LogP contribution is -2.36. The number of hydrogen-bond donors (Lipinski definition) is 1. The van der Waals surface area contributed by atoms with E-state index in [-0.39, 0.29) is 34.7 Å². The molecule has 0 spiro atoms. The molecule has 168 valence electrons. The third-order valence-electron chi connectivity index (χ3n) is 4.91. The summed E-state index contributed by atoms with van der Waals surface area (Å²) in [4.78, 5) is 16.2. The number of rotatable bonds is 8. The first-order chi connectivity index (χ1) is 14.7. The van der Waals surface area contributed by atoms with Crippen molar-refractivity contribution in [3.63, 3.8) is 0 Å². The Hall–Kier alpha value is -1.84. The summed E-state index contributed by atoms with van der Waals surface area (Å²) in [5.41, 5.74) is 1.78. The predicted octanol–water partition coefficient (Wildman–Crippen LogP) is 3.17. The molecule has 1 amide bonds. The van der Waals surface area contributed by atoms with Crippen molar-refractivity contribution >= 4 is 50.3 Å². The molecular weight excluding hydrogens is 461 g/mol. The Bertz CT molecular complexity index is 1010. The number of nitrogens with zero attached hydrogens (tertiary/aromatic N) is 2. The number of amides is 1. The Kier molecular flexibility index (Phi) is 8.18. The van der Waals surface area contributed by atoms with E-state index < -0.39 is 9.84 Å². The zero-order valence-corrected chi connectivity index (χ0v) is 19.5. The number of anilines is 2. The highest BCUT2D eigenvalue weighted by atomic mass is 35.5. The third-order valence-corrected chi connectivity index (χ3v) is 7.32. The minimum absolute atomic E-state index is 0.000115. The second-order valence-corrected chi connectivity index (χ2v) is 10.2. The molecule has 0 radical (unpaired) electrons. The van der Waals surface area contributed by atoms with E-state index in [0.29, 0.717) is 23.9 Å². The fraction of sp³-hybridized carbons (Fsp3) is 0.381. The highest BCUT2D eigenvalue weighted by Gasteiger charge is 2.20. The number of nitrogens with one attached hydrogen (secondary N) is 1. The van der Waals surface area contributed by atoms with Crippen LogP contribution in [0.3, 0.4) is 0 Å². The van der Waals surface area contributed by atoms with E-state index in [2.05, 4.69) is 10.2 Å². The number of morpholine rings is 1. The van der Waals surface area contributed by atoms with Gasteiger partial charge in [-0.2, -0.15) is 0 Å². The molecule has 31 heavy (non-hydrogen) atoms. The first kappa shape index (κ1) is 23.8. The van der Waals surface area contributed by atoms with Crippen molar-refractivity contribution in [2.75, 3.05) is 62.4 Å². The van der Waals surface area contributed by atoms with Gasteiger partial charge in [-0.15, -0.1) is 0 Å². The number of likely N-dealkylation sites (N-methyl/N-ethyl adjacent to an activating group) is 1. The van der Waals surface area contributed by atoms with Crippen molar-refractivity contribution in [1.82, 2.24) is 4.90 Å². The summed E-state index contributed by atoms with van der Waals surface area (Å²) < 4.78 is 30.5. The van der Waals surface area contributed by atoms with E-state index in [4.69, 9.17) is 27.9 Å². The molecule has 1 aliphatic heterocycles. The highest BCUT2D eigenvalue weighted by Crippen LogP contribution is 2.26. The maximum absolute atomic E-state index is 12.6. The standard InChI is InChI=1S/C21H25Cl2N3O4S/c1-25(10-13-31(28,29)20-14-16(22)2-7-19(20)23)15-21(27)24-17-3-5-18(6-4-17)26-8-11-30-12-9-26/h2-7,14H,8-13,15H2,1H3,(H,24,27). The number of benzene rings is 2. The molecule has 0 aromatic heterocycles. The minimum Gasteiger partial charge on any atom is -0.378 e. The lowest BCUT2D eigenvalue weighted by atomic mass is 10.2. The van der Waals surface area contributed by atoms with Crippen molar-refractivity contribution in [3.05, 3.63) is 52.5 Å². The second-order valence-electron chi connectivity index (χ2n) is 7.33. The first-order valence-electron chi connectivity index (χ1n) is 9.83. The quantitative estimate of drug-likeness (QED) is 0.618. The predicted molar refractivity (Wildman–Crippen MR) is 124 cm³/mol. The average Bonchev–Trinajstić information content (AvgIpc) is 2.75. The van der Waals surface area contributed by atoms with Gasteiger partial charge in [0.1, 0.15) is 0 Å². The largest absolute Gasteiger partial charge is 0.378 e. The molecule has 1 heterocycles. The SMILES string of the molecule is CN(CCS(=O)(=O)c1cc(Cl)ccc1Cl)CC(=O)Nc1ccc(N2CCOCC2)cc1. The molecule has 7 nitrogen and oxygen atoms in total. The van der Waals surface area contributed by atoms with Crippen LogP contribution in [0.15, 0.2) is 47.4 Å². The number of carbonyl (C=O) groups excluding carboxylic acids is 1. The average molecular weight is 486 g/mol. The van der Waals surface area contributed by atoms with E-state index in [9.17, 15) is 13.2 Å². The summed E-state index contributed by atoms with van der Waals surface area (Å²) in [6.07, 6.45) is 0. The zero-order chi connectivity index (χ0) is 22.4. The van der Waals surface area contributed by atoms with E-state index >= 15 is 0 Å². The van der Waals surface area contributed by atoms with Crippen LogP contribution in [-0.4, -0.2) is 71.4 Å². The molecule has 0 saturated carbocycles. The van der Waals surface area contributed by atoms with Crippen LogP contribution in [0, 0.1) is 0 Å². The fourth-order valence-electron chi connectivity index (χ4n) is 3.20. The van der Waals surface area contributed by atoms with Gasteiger partial charge in [-0.3, -0.25) is 9.69 Å². The molecule has 1 aliphatic rings. The van der Waals surface area contributed by atoms with Crippen molar-refractivity contribution < 1.29 is 17.9 Å². The molecule has 0 aliphatic carbocycles. The Morgan fingerprint density at radius 2 is 1.81 bits per heavy atom. The Morgan fingerprint density at radius 1 is 1.13 bits per heavy atom. The third kappa shape index (κ3) is 6.82. The maximum Gasteiger partial charge on any atom is 0.238 e. The van der Waals surface area contributed by atoms with Crippen LogP contribution in [0.4, 0.5) is 11.4 Å². The number of ether oxygens (including phenoxy) is 1. The van der Waals surface area contributed by atoms with Crippen LogP contribution in [0.2, 0.25) is 10.0 Å². The van der Waals surface area contributed by atoms with Gasteiger partial charge in [-0.25, -0.2) is 8.42 Å². The van der Waals surface area contributed by atoms with Crippen molar-refractivity contribution in [3.8, 4) is 0 Å². The molecule has 1 N–H and O–H groups in total. The van der Waals surface area contributed by atoms with Gasteiger partial charge in [0.2, 0.25) is 5.91 Å². The molecule has 0 atom stereocenters. The van der Waals surface area contributed by atoms with Gasteiger partial charge in [-0.1, -0.05) is 23.2 Å². The van der Waals surface area contributed by atoms with Crippen LogP contribution in [0.5, 0.6) is 0 Å².